The molecule has 4 heteroatoms. The molecule has 0 rings (SSSR count). The number of amides is 1. The van der Waals surface area contributed by atoms with Crippen molar-refractivity contribution in [2.45, 2.75) is 12.8 Å². The van der Waals surface area contributed by atoms with Crippen molar-refractivity contribution >= 4 is 18.0 Å². The Morgan fingerprint density at radius 2 is 2.00 bits per heavy atom. The van der Waals surface area contributed by atoms with Crippen LogP contribution in [0.15, 0.2) is 0 Å². The molecule has 0 saturated heterocycles. The Bertz CT molecular complexity index is 141. The Labute approximate surface area is 52.0 Å². The first-order valence-electron chi connectivity index (χ1n) is 2.44. The van der Waals surface area contributed by atoms with Crippen molar-refractivity contribution in [2.24, 2.45) is 5.73 Å². The van der Waals surface area contributed by atoms with E-state index in [1.807, 2.05) is 0 Å². The highest BCUT2D eigenvalue weighted by Gasteiger charge is 2.06. The van der Waals surface area contributed by atoms with E-state index >= 15 is 0 Å². The van der Waals surface area contributed by atoms with Gasteiger partial charge in [-0.2, -0.15) is 0 Å². The van der Waals surface area contributed by atoms with E-state index in [-0.39, 0.29) is 12.8 Å². The maximum absolute atomic E-state index is 10.3. The molecule has 50 valence electrons. The Kier molecular flexibility index (Phi) is 3.27. The van der Waals surface area contributed by atoms with Gasteiger partial charge in [0.25, 0.3) is 5.91 Å². The highest BCUT2D eigenvalue weighted by atomic mass is 16.2. The van der Waals surface area contributed by atoms with Crippen molar-refractivity contribution in [3.05, 3.63) is 0 Å². The van der Waals surface area contributed by atoms with E-state index < -0.39 is 11.7 Å². The predicted octanol–water partition coefficient (Wildman–Crippen LogP) is -0.980. The van der Waals surface area contributed by atoms with Crippen molar-refractivity contribution in [1.82, 2.24) is 0 Å². The number of Topliss-reactive ketones (excluding diaryl/α,β-unsaturated/α-hetero) is 1. The number of carbonyl (C=O) groups excluding carboxylic acids is 3. The third-order valence-corrected chi connectivity index (χ3v) is 0.764. The smallest absolute Gasteiger partial charge is 0.284 e. The molecule has 0 unspecified atom stereocenters. The van der Waals surface area contributed by atoms with Crippen LogP contribution in [0.4, 0.5) is 0 Å². The molecule has 0 fully saturated rings. The van der Waals surface area contributed by atoms with E-state index in [0.717, 1.165) is 0 Å². The molecule has 0 aromatic carbocycles. The van der Waals surface area contributed by atoms with Gasteiger partial charge in [-0.3, -0.25) is 9.59 Å². The van der Waals surface area contributed by atoms with Crippen LogP contribution in [0.25, 0.3) is 0 Å². The minimum absolute atomic E-state index is 0.0706. The highest BCUT2D eigenvalue weighted by Crippen LogP contribution is 1.84. The van der Waals surface area contributed by atoms with Crippen molar-refractivity contribution in [3.8, 4) is 0 Å². The summed E-state index contributed by atoms with van der Waals surface area (Å²) in [5.74, 6) is -1.67. The van der Waals surface area contributed by atoms with Gasteiger partial charge >= 0.3 is 0 Å². The van der Waals surface area contributed by atoms with Crippen LogP contribution in [-0.2, 0) is 14.4 Å². The number of rotatable bonds is 4. The summed E-state index contributed by atoms with van der Waals surface area (Å²) in [4.78, 5) is 29.9. The summed E-state index contributed by atoms with van der Waals surface area (Å²) in [5, 5.41) is 0. The third kappa shape index (κ3) is 3.40. The van der Waals surface area contributed by atoms with Crippen LogP contribution in [0.1, 0.15) is 12.8 Å². The second-order valence-electron chi connectivity index (χ2n) is 1.49. The van der Waals surface area contributed by atoms with Gasteiger partial charge in [-0.05, 0) is 0 Å². The summed E-state index contributed by atoms with van der Waals surface area (Å²) in [6.45, 7) is 0. The van der Waals surface area contributed by atoms with Crippen molar-refractivity contribution in [3.63, 3.8) is 0 Å². The Hall–Kier alpha value is -1.19. The zero-order chi connectivity index (χ0) is 7.28. The van der Waals surface area contributed by atoms with Crippen LogP contribution >= 0.6 is 0 Å². The third-order valence-electron chi connectivity index (χ3n) is 0.764. The molecule has 0 atom stereocenters. The summed E-state index contributed by atoms with van der Waals surface area (Å²) >= 11 is 0. The van der Waals surface area contributed by atoms with E-state index in [4.69, 9.17) is 0 Å². The predicted molar refractivity (Wildman–Crippen MR) is 29.5 cm³/mol. The van der Waals surface area contributed by atoms with Crippen LogP contribution in [0, 0.1) is 0 Å². The summed E-state index contributed by atoms with van der Waals surface area (Å²) < 4.78 is 0. The number of nitrogens with two attached hydrogens (primary N) is 1. The van der Waals surface area contributed by atoms with Crippen LogP contribution in [-0.4, -0.2) is 18.0 Å². The molecule has 0 saturated carbocycles. The second kappa shape index (κ2) is 3.77. The first-order chi connectivity index (χ1) is 4.18. The number of carbonyl (C=O) groups is 3. The second-order valence-corrected chi connectivity index (χ2v) is 1.49. The first kappa shape index (κ1) is 7.81. The van der Waals surface area contributed by atoms with Crippen LogP contribution in [0.2, 0.25) is 0 Å². The maximum Gasteiger partial charge on any atom is 0.284 e. The summed E-state index contributed by atoms with van der Waals surface area (Å²) in [6, 6.07) is 0. The topological polar surface area (TPSA) is 77.2 Å². The summed E-state index contributed by atoms with van der Waals surface area (Å²) in [7, 11) is 0. The van der Waals surface area contributed by atoms with Gasteiger partial charge < -0.3 is 10.5 Å². The number of hydrogen-bond donors (Lipinski definition) is 1. The maximum atomic E-state index is 10.3. The molecule has 0 aliphatic heterocycles. The Morgan fingerprint density at radius 1 is 1.44 bits per heavy atom. The first-order valence-corrected chi connectivity index (χ1v) is 2.44. The molecule has 2 N–H and O–H groups in total. The Morgan fingerprint density at radius 3 is 2.33 bits per heavy atom. The summed E-state index contributed by atoms with van der Waals surface area (Å²) in [6.07, 6.45) is 0.571. The molecule has 0 aromatic rings. The SMILES string of the molecule is NC(=O)C(=O)CCC=O. The molecule has 0 spiro atoms. The van der Waals surface area contributed by atoms with Gasteiger partial charge in [-0.1, -0.05) is 0 Å². The van der Waals surface area contributed by atoms with E-state index in [9.17, 15) is 14.4 Å². The number of ketones is 1. The van der Waals surface area contributed by atoms with Crippen molar-refractivity contribution < 1.29 is 14.4 Å². The molecule has 0 aliphatic carbocycles. The average molecular weight is 129 g/mol. The highest BCUT2D eigenvalue weighted by molar-refractivity contribution is 6.35. The van der Waals surface area contributed by atoms with Gasteiger partial charge in [-0.15, -0.1) is 0 Å². The lowest BCUT2D eigenvalue weighted by molar-refractivity contribution is -0.136. The molecule has 0 heterocycles. The number of aldehydes is 1. The lowest BCUT2D eigenvalue weighted by Crippen LogP contribution is -2.22. The molecule has 0 radical (unpaired) electrons. The standard InChI is InChI=1S/C5H7NO3/c6-5(9)4(8)2-1-3-7/h3H,1-2H2,(H2,6,9). The molecule has 9 heavy (non-hydrogen) atoms. The van der Waals surface area contributed by atoms with E-state index in [1.54, 1.807) is 0 Å². The van der Waals surface area contributed by atoms with Crippen LogP contribution in [0.3, 0.4) is 0 Å². The van der Waals surface area contributed by atoms with Gasteiger partial charge in [0.2, 0.25) is 5.78 Å². The van der Waals surface area contributed by atoms with Crippen LogP contribution < -0.4 is 5.73 Å². The average Bonchev–Trinajstić information content (AvgIpc) is 1.82. The number of hydrogen-bond acceptors (Lipinski definition) is 3. The van der Waals surface area contributed by atoms with Crippen molar-refractivity contribution in [2.75, 3.05) is 0 Å². The minimum Gasteiger partial charge on any atom is -0.363 e. The van der Waals surface area contributed by atoms with Gasteiger partial charge in [0.15, 0.2) is 0 Å². The van der Waals surface area contributed by atoms with Gasteiger partial charge in [0.05, 0.1) is 0 Å². The Balaban J connectivity index is 3.51. The lowest BCUT2D eigenvalue weighted by Gasteiger charge is -1.86. The molecular weight excluding hydrogens is 122 g/mol. The fourth-order valence-corrected chi connectivity index (χ4v) is 0.313. The quantitative estimate of drug-likeness (QED) is 0.391. The number of primary amides is 1. The molecular formula is C5H7NO3. The van der Waals surface area contributed by atoms with Gasteiger partial charge in [0.1, 0.15) is 6.29 Å². The zero-order valence-corrected chi connectivity index (χ0v) is 4.79. The zero-order valence-electron chi connectivity index (χ0n) is 4.79. The van der Waals surface area contributed by atoms with Gasteiger partial charge in [-0.25, -0.2) is 0 Å². The van der Waals surface area contributed by atoms with Gasteiger partial charge in [0, 0.05) is 12.8 Å². The fraction of sp³-hybridized carbons (Fsp3) is 0.400. The van der Waals surface area contributed by atoms with E-state index in [1.165, 1.54) is 0 Å². The molecule has 0 aliphatic rings. The molecule has 4 nitrogen and oxygen atoms in total. The normalized spacial score (nSPS) is 8.44. The molecule has 0 aromatic heterocycles. The molecule has 0 bridgehead atoms. The lowest BCUT2D eigenvalue weighted by atomic mass is 10.2. The minimum atomic E-state index is -0.975. The largest absolute Gasteiger partial charge is 0.363 e. The van der Waals surface area contributed by atoms with E-state index in [0.29, 0.717) is 6.29 Å². The fourth-order valence-electron chi connectivity index (χ4n) is 0.313. The van der Waals surface area contributed by atoms with E-state index in [2.05, 4.69) is 5.73 Å². The molecule has 1 amide bonds. The monoisotopic (exact) mass is 129 g/mol. The van der Waals surface area contributed by atoms with Crippen molar-refractivity contribution in [1.29, 1.82) is 0 Å². The summed E-state index contributed by atoms with van der Waals surface area (Å²) in [5.41, 5.74) is 4.57. The van der Waals surface area contributed by atoms with Crippen LogP contribution in [0.5, 0.6) is 0 Å².